The van der Waals surface area contributed by atoms with E-state index in [1.807, 2.05) is 0 Å². The van der Waals surface area contributed by atoms with E-state index in [-0.39, 0.29) is 17.0 Å². The van der Waals surface area contributed by atoms with Crippen molar-refractivity contribution in [2.24, 2.45) is 0 Å². The molecule has 0 bridgehead atoms. The number of hydrogen-bond acceptors (Lipinski definition) is 2. The van der Waals surface area contributed by atoms with Crippen molar-refractivity contribution in [2.45, 2.75) is 13.3 Å². The molecule has 0 saturated carbocycles. The molecule has 5 heteroatoms. The van der Waals surface area contributed by atoms with Crippen LogP contribution in [0.5, 0.6) is 0 Å². The lowest BCUT2D eigenvalue weighted by Gasteiger charge is -2.09. The van der Waals surface area contributed by atoms with Crippen LogP contribution in [0.3, 0.4) is 0 Å². The lowest BCUT2D eigenvalue weighted by atomic mass is 10.1. The van der Waals surface area contributed by atoms with Crippen molar-refractivity contribution in [3.8, 4) is 0 Å². The van der Waals surface area contributed by atoms with Crippen LogP contribution in [0.25, 0.3) is 0 Å². The van der Waals surface area contributed by atoms with E-state index in [9.17, 15) is 9.59 Å². The highest BCUT2D eigenvalue weighted by atomic mass is 79.9. The van der Waals surface area contributed by atoms with Gasteiger partial charge in [-0.2, -0.15) is 0 Å². The molecule has 0 aromatic heterocycles. The minimum Gasteiger partial charge on any atom is -0.325 e. The Labute approximate surface area is 111 Å². The van der Waals surface area contributed by atoms with Gasteiger partial charge in [-0.3, -0.25) is 9.59 Å². The van der Waals surface area contributed by atoms with Crippen LogP contribution in [0, 0.1) is 0 Å². The molecule has 0 spiro atoms. The molecule has 3 nitrogen and oxygen atoms in total. The second-order valence-electron chi connectivity index (χ2n) is 3.15. The number of benzene rings is 1. The second kappa shape index (κ2) is 6.15. The largest absolute Gasteiger partial charge is 0.325 e. The number of halogens is 2. The highest BCUT2D eigenvalue weighted by Gasteiger charge is 2.11. The van der Waals surface area contributed by atoms with E-state index in [0.29, 0.717) is 17.7 Å². The quantitative estimate of drug-likeness (QED) is 0.669. The van der Waals surface area contributed by atoms with E-state index in [1.165, 1.54) is 0 Å². The fourth-order valence-corrected chi connectivity index (χ4v) is 1.74. The number of Topliss-reactive ketones (excluding diaryl/α,β-unsaturated/α-hetero) is 1. The van der Waals surface area contributed by atoms with Crippen molar-refractivity contribution in [2.75, 3.05) is 10.6 Å². The molecule has 0 fully saturated rings. The highest BCUT2D eigenvalue weighted by molar-refractivity contribution is 9.10. The van der Waals surface area contributed by atoms with Crippen molar-refractivity contribution in [3.63, 3.8) is 0 Å². The van der Waals surface area contributed by atoms with E-state index in [0.717, 1.165) is 4.47 Å². The predicted molar refractivity (Wildman–Crippen MR) is 71.2 cm³/mol. The smallest absolute Gasteiger partial charge is 0.235 e. The Morgan fingerprint density at radius 1 is 1.38 bits per heavy atom. The first-order chi connectivity index (χ1) is 7.58. The number of hydrogen-bond donors (Lipinski definition) is 1. The zero-order chi connectivity index (χ0) is 12.1. The summed E-state index contributed by atoms with van der Waals surface area (Å²) in [4.78, 5) is 22.9. The second-order valence-corrected chi connectivity index (χ2v) is 4.62. The summed E-state index contributed by atoms with van der Waals surface area (Å²) in [5, 5.41) is 2.89. The van der Waals surface area contributed by atoms with Gasteiger partial charge in [-0.15, -0.1) is 0 Å². The van der Waals surface area contributed by atoms with Crippen molar-refractivity contribution in [1.82, 2.24) is 0 Å². The number of amides is 1. The Kier molecular flexibility index (Phi) is 5.15. The Bertz CT molecular complexity index is 418. The first-order valence-corrected chi connectivity index (χ1v) is 6.68. The number of carbonyl (C=O) groups excluding carboxylic acids is 2. The van der Waals surface area contributed by atoms with E-state index < -0.39 is 0 Å². The van der Waals surface area contributed by atoms with Crippen molar-refractivity contribution in [1.29, 1.82) is 0 Å². The third-order valence-corrected chi connectivity index (χ3v) is 3.00. The fourth-order valence-electron chi connectivity index (χ4n) is 1.24. The molecule has 0 aliphatic rings. The summed E-state index contributed by atoms with van der Waals surface area (Å²) >= 11 is 6.37. The molecule has 0 unspecified atom stereocenters. The zero-order valence-electron chi connectivity index (χ0n) is 8.72. The Hall–Kier alpha value is -0.680. The molecule has 1 amide bonds. The van der Waals surface area contributed by atoms with Crippen LogP contribution in [0.15, 0.2) is 22.7 Å². The lowest BCUT2D eigenvalue weighted by molar-refractivity contribution is -0.113. The Balaban J connectivity index is 3.08. The van der Waals surface area contributed by atoms with Gasteiger partial charge in [0.05, 0.1) is 11.0 Å². The summed E-state index contributed by atoms with van der Waals surface area (Å²) in [6.45, 7) is 1.79. The standard InChI is InChI=1S/C11H11Br2NO2/c1-2-10(15)8-4-3-7(13)5-9(8)14-11(16)6-12/h3-5H,2,6H2,1H3,(H,14,16). The topological polar surface area (TPSA) is 46.2 Å². The van der Waals surface area contributed by atoms with Crippen LogP contribution < -0.4 is 5.32 Å². The number of carbonyl (C=O) groups is 2. The van der Waals surface area contributed by atoms with Crippen LogP contribution in [0.1, 0.15) is 23.7 Å². The number of rotatable bonds is 4. The molecule has 86 valence electrons. The summed E-state index contributed by atoms with van der Waals surface area (Å²) in [5.41, 5.74) is 1.09. The molecule has 0 heterocycles. The number of anilines is 1. The van der Waals surface area contributed by atoms with Crippen molar-refractivity contribution < 1.29 is 9.59 Å². The molecular formula is C11H11Br2NO2. The van der Waals surface area contributed by atoms with Crippen LogP contribution in [-0.2, 0) is 4.79 Å². The molecule has 1 N–H and O–H groups in total. The predicted octanol–water partition coefficient (Wildman–Crippen LogP) is 3.38. The number of nitrogens with one attached hydrogen (secondary N) is 1. The monoisotopic (exact) mass is 347 g/mol. The molecule has 16 heavy (non-hydrogen) atoms. The summed E-state index contributed by atoms with van der Waals surface area (Å²) in [6.07, 6.45) is 0.415. The third-order valence-electron chi connectivity index (χ3n) is 2.00. The molecule has 1 aromatic carbocycles. The average Bonchev–Trinajstić information content (AvgIpc) is 2.28. The first-order valence-electron chi connectivity index (χ1n) is 4.77. The van der Waals surface area contributed by atoms with Gasteiger partial charge in [0.1, 0.15) is 0 Å². The van der Waals surface area contributed by atoms with Crippen LogP contribution in [-0.4, -0.2) is 17.0 Å². The molecular weight excluding hydrogens is 338 g/mol. The Morgan fingerprint density at radius 3 is 2.62 bits per heavy atom. The normalized spacial score (nSPS) is 9.94. The van der Waals surface area contributed by atoms with E-state index in [1.54, 1.807) is 25.1 Å². The van der Waals surface area contributed by atoms with E-state index in [2.05, 4.69) is 37.2 Å². The van der Waals surface area contributed by atoms with Gasteiger partial charge in [-0.25, -0.2) is 0 Å². The summed E-state index contributed by atoms with van der Waals surface area (Å²) in [6, 6.07) is 5.22. The average molecular weight is 349 g/mol. The van der Waals surface area contributed by atoms with Gasteiger partial charge >= 0.3 is 0 Å². The first kappa shape index (κ1) is 13.4. The van der Waals surface area contributed by atoms with Gasteiger partial charge in [-0.05, 0) is 18.2 Å². The molecule has 0 aliphatic carbocycles. The molecule has 1 aromatic rings. The van der Waals surface area contributed by atoms with E-state index in [4.69, 9.17) is 0 Å². The van der Waals surface area contributed by atoms with Crippen LogP contribution >= 0.6 is 31.9 Å². The van der Waals surface area contributed by atoms with Crippen molar-refractivity contribution >= 4 is 49.2 Å². The fraction of sp³-hybridized carbons (Fsp3) is 0.273. The third kappa shape index (κ3) is 3.42. The maximum absolute atomic E-state index is 11.6. The molecule has 0 aliphatic heterocycles. The van der Waals surface area contributed by atoms with Crippen molar-refractivity contribution in [3.05, 3.63) is 28.2 Å². The maximum Gasteiger partial charge on any atom is 0.235 e. The van der Waals surface area contributed by atoms with Gasteiger partial charge in [0.2, 0.25) is 5.91 Å². The van der Waals surface area contributed by atoms with E-state index >= 15 is 0 Å². The van der Waals surface area contributed by atoms with Gasteiger partial charge in [0, 0.05) is 16.5 Å². The summed E-state index contributed by atoms with van der Waals surface area (Å²) in [7, 11) is 0. The number of alkyl halides is 1. The SMILES string of the molecule is CCC(=O)c1ccc(Br)cc1NC(=O)CBr. The van der Waals surface area contributed by atoms with Gasteiger partial charge in [0.15, 0.2) is 5.78 Å². The van der Waals surface area contributed by atoms with Crippen LogP contribution in [0.4, 0.5) is 5.69 Å². The van der Waals surface area contributed by atoms with Gasteiger partial charge in [-0.1, -0.05) is 38.8 Å². The minimum atomic E-state index is -0.178. The summed E-state index contributed by atoms with van der Waals surface area (Å²) < 4.78 is 0.824. The Morgan fingerprint density at radius 2 is 2.06 bits per heavy atom. The minimum absolute atomic E-state index is 0.0115. The molecule has 0 radical (unpaired) electrons. The van der Waals surface area contributed by atoms with Gasteiger partial charge < -0.3 is 5.32 Å². The van der Waals surface area contributed by atoms with Gasteiger partial charge in [0.25, 0.3) is 0 Å². The molecule has 0 atom stereocenters. The zero-order valence-corrected chi connectivity index (χ0v) is 11.9. The number of ketones is 1. The lowest BCUT2D eigenvalue weighted by Crippen LogP contribution is -2.15. The maximum atomic E-state index is 11.6. The highest BCUT2D eigenvalue weighted by Crippen LogP contribution is 2.22. The molecule has 0 saturated heterocycles. The van der Waals surface area contributed by atoms with Crippen LogP contribution in [0.2, 0.25) is 0 Å². The summed E-state index contributed by atoms with van der Waals surface area (Å²) in [5.74, 6) is -0.166. The molecule has 1 rings (SSSR count).